The third-order valence-corrected chi connectivity index (χ3v) is 2.70. The quantitative estimate of drug-likeness (QED) is 0.801. The Labute approximate surface area is 99.1 Å². The topological polar surface area (TPSA) is 62.1 Å². The molecule has 1 aromatic rings. The molecule has 2 rings (SSSR count). The molecule has 0 aromatic heterocycles. The summed E-state index contributed by atoms with van der Waals surface area (Å²) in [6.45, 7) is 2.97. The second-order valence-electron chi connectivity index (χ2n) is 3.96. The van der Waals surface area contributed by atoms with Gasteiger partial charge in [-0.15, -0.1) is 10.2 Å². The number of hydrogen-bond donors (Lipinski definition) is 0. The molecule has 2 amide bonds. The van der Waals surface area contributed by atoms with Crippen LogP contribution in [0.15, 0.2) is 28.4 Å². The molecule has 0 aliphatic carbocycles. The van der Waals surface area contributed by atoms with E-state index in [0.717, 1.165) is 18.7 Å². The van der Waals surface area contributed by atoms with E-state index >= 15 is 0 Å². The molecule has 0 fully saturated rings. The Kier molecular flexibility index (Phi) is 2.99. The van der Waals surface area contributed by atoms with Crippen molar-refractivity contribution in [2.75, 3.05) is 18.5 Å². The summed E-state index contributed by atoms with van der Waals surface area (Å²) in [6, 6.07) is 5.15. The van der Waals surface area contributed by atoms with Gasteiger partial charge in [0.15, 0.2) is 0 Å². The number of carbonyl (C=O) groups excluding carboxylic acids is 2. The number of anilines is 1. The van der Waals surface area contributed by atoms with Gasteiger partial charge in [-0.1, -0.05) is 6.92 Å². The van der Waals surface area contributed by atoms with Crippen LogP contribution in [0.25, 0.3) is 0 Å². The fourth-order valence-corrected chi connectivity index (χ4v) is 1.80. The zero-order valence-electron chi connectivity index (χ0n) is 9.80. The smallest absolute Gasteiger partial charge is 0.296 e. The molecule has 0 radical (unpaired) electrons. The highest BCUT2D eigenvalue weighted by molar-refractivity contribution is 6.11. The van der Waals surface area contributed by atoms with Crippen LogP contribution in [0.3, 0.4) is 0 Å². The lowest BCUT2D eigenvalue weighted by Crippen LogP contribution is -2.19. The van der Waals surface area contributed by atoms with Gasteiger partial charge in [-0.3, -0.25) is 9.59 Å². The SMILES string of the molecule is CCCN(C)c1ccc2c(c1)C(=O)N=NC2=O. The standard InChI is InChI=1S/C12H13N3O2/c1-3-6-15(2)8-4-5-9-10(7-8)12(17)14-13-11(9)16/h4-5,7H,3,6H2,1-2H3. The Bertz CT molecular complexity index is 508. The molecule has 1 aliphatic rings. The van der Waals surface area contributed by atoms with Crippen LogP contribution in [0.4, 0.5) is 5.69 Å². The monoisotopic (exact) mass is 231 g/mol. The molecule has 5 heteroatoms. The first-order valence-electron chi connectivity index (χ1n) is 5.49. The van der Waals surface area contributed by atoms with Gasteiger partial charge in [-0.05, 0) is 24.6 Å². The first-order chi connectivity index (χ1) is 8.13. The molecule has 0 spiro atoms. The number of azo groups is 1. The van der Waals surface area contributed by atoms with Crippen LogP contribution in [-0.4, -0.2) is 25.4 Å². The van der Waals surface area contributed by atoms with Gasteiger partial charge < -0.3 is 4.90 Å². The van der Waals surface area contributed by atoms with E-state index in [4.69, 9.17) is 0 Å². The zero-order chi connectivity index (χ0) is 12.4. The Balaban J connectivity index is 2.41. The average molecular weight is 231 g/mol. The minimum atomic E-state index is -0.454. The summed E-state index contributed by atoms with van der Waals surface area (Å²) in [7, 11) is 1.95. The van der Waals surface area contributed by atoms with Crippen molar-refractivity contribution in [2.24, 2.45) is 10.2 Å². The zero-order valence-corrected chi connectivity index (χ0v) is 9.80. The van der Waals surface area contributed by atoms with E-state index in [1.807, 2.05) is 18.0 Å². The van der Waals surface area contributed by atoms with E-state index in [1.165, 1.54) is 0 Å². The summed E-state index contributed by atoms with van der Waals surface area (Å²) in [6.07, 6.45) is 1.01. The molecule has 1 aliphatic heterocycles. The van der Waals surface area contributed by atoms with Gasteiger partial charge in [0.25, 0.3) is 11.8 Å². The van der Waals surface area contributed by atoms with Gasteiger partial charge in [0, 0.05) is 19.3 Å². The molecular weight excluding hydrogens is 218 g/mol. The maximum absolute atomic E-state index is 11.5. The number of carbonyl (C=O) groups is 2. The second kappa shape index (κ2) is 4.45. The van der Waals surface area contributed by atoms with E-state index in [9.17, 15) is 9.59 Å². The third kappa shape index (κ3) is 2.08. The van der Waals surface area contributed by atoms with E-state index in [1.54, 1.807) is 12.1 Å². The third-order valence-electron chi connectivity index (χ3n) is 2.70. The fraction of sp³-hybridized carbons (Fsp3) is 0.333. The lowest BCUT2D eigenvalue weighted by molar-refractivity contribution is 0.0921. The van der Waals surface area contributed by atoms with Crippen molar-refractivity contribution in [3.8, 4) is 0 Å². The summed E-state index contributed by atoms with van der Waals surface area (Å²) in [5, 5.41) is 6.60. The minimum Gasteiger partial charge on any atom is -0.375 e. The van der Waals surface area contributed by atoms with Crippen LogP contribution < -0.4 is 4.90 Å². The average Bonchev–Trinajstić information content (AvgIpc) is 2.34. The van der Waals surface area contributed by atoms with Crippen molar-refractivity contribution in [1.82, 2.24) is 0 Å². The summed E-state index contributed by atoms with van der Waals surface area (Å²) in [5.74, 6) is -0.907. The van der Waals surface area contributed by atoms with Crippen LogP contribution in [0.5, 0.6) is 0 Å². The minimum absolute atomic E-state index is 0.332. The largest absolute Gasteiger partial charge is 0.375 e. The number of nitrogens with zero attached hydrogens (tertiary/aromatic N) is 3. The molecular formula is C12H13N3O2. The van der Waals surface area contributed by atoms with Crippen molar-refractivity contribution >= 4 is 17.5 Å². The summed E-state index contributed by atoms with van der Waals surface area (Å²) < 4.78 is 0. The van der Waals surface area contributed by atoms with Gasteiger partial charge in [-0.2, -0.15) is 0 Å². The fourth-order valence-electron chi connectivity index (χ4n) is 1.80. The number of fused-ring (bicyclic) bond motifs is 1. The van der Waals surface area contributed by atoms with E-state index < -0.39 is 11.8 Å². The second-order valence-corrected chi connectivity index (χ2v) is 3.96. The predicted octanol–water partition coefficient (Wildman–Crippen LogP) is 2.28. The van der Waals surface area contributed by atoms with E-state index in [2.05, 4.69) is 17.2 Å². The van der Waals surface area contributed by atoms with Gasteiger partial charge in [0.05, 0.1) is 11.1 Å². The van der Waals surface area contributed by atoms with Crippen molar-refractivity contribution in [3.63, 3.8) is 0 Å². The molecule has 5 nitrogen and oxygen atoms in total. The van der Waals surface area contributed by atoms with E-state index in [0.29, 0.717) is 11.1 Å². The molecule has 0 saturated carbocycles. The number of hydrogen-bond acceptors (Lipinski definition) is 3. The van der Waals surface area contributed by atoms with Gasteiger partial charge in [-0.25, -0.2) is 0 Å². The van der Waals surface area contributed by atoms with Crippen LogP contribution >= 0.6 is 0 Å². The maximum atomic E-state index is 11.5. The number of rotatable bonds is 3. The molecule has 17 heavy (non-hydrogen) atoms. The van der Waals surface area contributed by atoms with Crippen LogP contribution in [-0.2, 0) is 0 Å². The molecule has 0 saturated heterocycles. The summed E-state index contributed by atoms with van der Waals surface area (Å²) in [5.41, 5.74) is 1.58. The van der Waals surface area contributed by atoms with E-state index in [-0.39, 0.29) is 0 Å². The van der Waals surface area contributed by atoms with Gasteiger partial charge in [0.2, 0.25) is 0 Å². The Morgan fingerprint density at radius 3 is 2.41 bits per heavy atom. The van der Waals surface area contributed by atoms with Gasteiger partial charge >= 0.3 is 0 Å². The Morgan fingerprint density at radius 2 is 1.76 bits per heavy atom. The molecule has 88 valence electrons. The van der Waals surface area contributed by atoms with Crippen LogP contribution in [0.1, 0.15) is 34.1 Å². The molecule has 1 heterocycles. The van der Waals surface area contributed by atoms with Crippen molar-refractivity contribution in [2.45, 2.75) is 13.3 Å². The van der Waals surface area contributed by atoms with Crippen molar-refractivity contribution < 1.29 is 9.59 Å². The molecule has 0 bridgehead atoms. The van der Waals surface area contributed by atoms with Crippen molar-refractivity contribution in [1.29, 1.82) is 0 Å². The maximum Gasteiger partial charge on any atom is 0.296 e. The molecule has 1 aromatic carbocycles. The van der Waals surface area contributed by atoms with Crippen LogP contribution in [0, 0.1) is 0 Å². The first-order valence-corrected chi connectivity index (χ1v) is 5.49. The number of benzene rings is 1. The highest BCUT2D eigenvalue weighted by atomic mass is 16.2. The lowest BCUT2D eigenvalue weighted by atomic mass is 10.0. The molecule has 0 atom stereocenters. The molecule has 0 unspecified atom stereocenters. The first kappa shape index (κ1) is 11.4. The number of amides is 2. The molecule has 0 N–H and O–H groups in total. The Morgan fingerprint density at radius 1 is 1.12 bits per heavy atom. The predicted molar refractivity (Wildman–Crippen MR) is 63.5 cm³/mol. The van der Waals surface area contributed by atoms with Crippen molar-refractivity contribution in [3.05, 3.63) is 29.3 Å². The highest BCUT2D eigenvalue weighted by Crippen LogP contribution is 2.23. The lowest BCUT2D eigenvalue weighted by Gasteiger charge is -2.19. The summed E-state index contributed by atoms with van der Waals surface area (Å²) >= 11 is 0. The van der Waals surface area contributed by atoms with Crippen LogP contribution in [0.2, 0.25) is 0 Å². The summed E-state index contributed by atoms with van der Waals surface area (Å²) in [4.78, 5) is 25.0. The normalized spacial score (nSPS) is 13.8. The Hall–Kier alpha value is -2.04. The highest BCUT2D eigenvalue weighted by Gasteiger charge is 2.22. The van der Waals surface area contributed by atoms with Gasteiger partial charge in [0.1, 0.15) is 0 Å².